The van der Waals surface area contributed by atoms with Gasteiger partial charge in [-0.25, -0.2) is 0 Å². The largest absolute Gasteiger partial charge is 0.497 e. The molecule has 0 unspecified atom stereocenters. The van der Waals surface area contributed by atoms with Gasteiger partial charge in [0.15, 0.2) is 0 Å². The summed E-state index contributed by atoms with van der Waals surface area (Å²) < 4.78 is 10.5. The van der Waals surface area contributed by atoms with Crippen LogP contribution in [0.2, 0.25) is 5.02 Å². The van der Waals surface area contributed by atoms with Crippen LogP contribution in [-0.4, -0.2) is 20.1 Å². The van der Waals surface area contributed by atoms with Crippen LogP contribution in [-0.2, 0) is 4.79 Å². The number of hydrogen-bond donors (Lipinski definition) is 1. The Labute approximate surface area is 147 Å². The first-order valence-electron chi connectivity index (χ1n) is 7.49. The van der Waals surface area contributed by atoms with Crippen LogP contribution >= 0.6 is 11.6 Å². The Balaban J connectivity index is 2.03. The van der Waals surface area contributed by atoms with E-state index in [9.17, 15) is 4.79 Å². The molecule has 2 aromatic rings. The maximum atomic E-state index is 12.1. The van der Waals surface area contributed by atoms with E-state index in [4.69, 9.17) is 21.1 Å². The second-order valence-corrected chi connectivity index (χ2v) is 5.66. The maximum Gasteiger partial charge on any atom is 0.244 e. The van der Waals surface area contributed by atoms with E-state index in [1.54, 1.807) is 38.5 Å². The van der Waals surface area contributed by atoms with Crippen molar-refractivity contribution in [2.45, 2.75) is 13.0 Å². The van der Waals surface area contributed by atoms with E-state index >= 15 is 0 Å². The molecular weight excluding hydrogens is 326 g/mol. The van der Waals surface area contributed by atoms with Gasteiger partial charge in [0.25, 0.3) is 0 Å². The predicted octanol–water partition coefficient (Wildman–Crippen LogP) is 4.25. The van der Waals surface area contributed by atoms with Crippen LogP contribution in [0.5, 0.6) is 11.5 Å². The molecule has 1 amide bonds. The molecule has 0 heterocycles. The fraction of sp³-hybridized carbons (Fsp3) is 0.211. The second kappa shape index (κ2) is 8.41. The van der Waals surface area contributed by atoms with Crippen molar-refractivity contribution < 1.29 is 14.3 Å². The lowest BCUT2D eigenvalue weighted by molar-refractivity contribution is -0.117. The Morgan fingerprint density at radius 3 is 2.46 bits per heavy atom. The normalized spacial score (nSPS) is 12.0. The number of amides is 1. The summed E-state index contributed by atoms with van der Waals surface area (Å²) >= 11 is 5.87. The van der Waals surface area contributed by atoms with Crippen LogP contribution in [0, 0.1) is 0 Å². The van der Waals surface area contributed by atoms with Crippen molar-refractivity contribution in [3.63, 3.8) is 0 Å². The highest BCUT2D eigenvalue weighted by molar-refractivity contribution is 6.30. The molecule has 4 nitrogen and oxygen atoms in total. The number of carbonyl (C=O) groups is 1. The van der Waals surface area contributed by atoms with Crippen molar-refractivity contribution in [3.8, 4) is 11.5 Å². The number of halogens is 1. The highest BCUT2D eigenvalue weighted by atomic mass is 35.5. The molecule has 0 aliphatic heterocycles. The third-order valence-corrected chi connectivity index (χ3v) is 3.84. The van der Waals surface area contributed by atoms with E-state index in [1.807, 2.05) is 31.2 Å². The van der Waals surface area contributed by atoms with Crippen molar-refractivity contribution in [1.82, 2.24) is 5.32 Å². The molecular formula is C19H20ClNO3. The monoisotopic (exact) mass is 345 g/mol. The van der Waals surface area contributed by atoms with Gasteiger partial charge in [-0.1, -0.05) is 23.7 Å². The van der Waals surface area contributed by atoms with Gasteiger partial charge in [-0.15, -0.1) is 0 Å². The highest BCUT2D eigenvalue weighted by Crippen LogP contribution is 2.25. The molecule has 0 fully saturated rings. The Hall–Kier alpha value is -2.46. The molecule has 0 radical (unpaired) electrons. The molecule has 0 aliphatic rings. The van der Waals surface area contributed by atoms with Gasteiger partial charge in [0, 0.05) is 22.7 Å². The van der Waals surface area contributed by atoms with E-state index in [1.165, 1.54) is 6.08 Å². The molecule has 0 bridgehead atoms. The summed E-state index contributed by atoms with van der Waals surface area (Å²) in [5, 5.41) is 3.58. The van der Waals surface area contributed by atoms with Gasteiger partial charge in [0.2, 0.25) is 5.91 Å². The summed E-state index contributed by atoms with van der Waals surface area (Å²) in [5.74, 6) is 1.16. The van der Waals surface area contributed by atoms with Crippen LogP contribution in [0.15, 0.2) is 48.5 Å². The van der Waals surface area contributed by atoms with E-state index in [2.05, 4.69) is 5.32 Å². The first kappa shape index (κ1) is 17.9. The molecule has 0 saturated heterocycles. The summed E-state index contributed by atoms with van der Waals surface area (Å²) in [6.45, 7) is 1.92. The minimum atomic E-state index is -0.185. The number of rotatable bonds is 6. The molecule has 0 aliphatic carbocycles. The molecule has 0 saturated carbocycles. The Kier molecular flexibility index (Phi) is 6.27. The minimum absolute atomic E-state index is 0.114. The average Bonchev–Trinajstić information content (AvgIpc) is 2.60. The minimum Gasteiger partial charge on any atom is -0.497 e. The van der Waals surface area contributed by atoms with Crippen molar-refractivity contribution in [3.05, 3.63) is 64.7 Å². The summed E-state index contributed by atoms with van der Waals surface area (Å²) in [6.07, 6.45) is 3.19. The first-order valence-corrected chi connectivity index (χ1v) is 7.87. The van der Waals surface area contributed by atoms with E-state index in [-0.39, 0.29) is 11.9 Å². The Morgan fingerprint density at radius 1 is 1.12 bits per heavy atom. The maximum absolute atomic E-state index is 12.1. The standard InChI is InChI=1S/C19H20ClNO3/c1-13(14-4-8-16(20)9-5-14)21-19(22)11-7-15-6-10-17(23-2)12-18(15)24-3/h4-13H,1-3H3,(H,21,22)/b11-7+/t13-/m0/s1. The lowest BCUT2D eigenvalue weighted by Gasteiger charge is -2.13. The number of nitrogens with one attached hydrogen (secondary N) is 1. The Bertz CT molecular complexity index is 726. The van der Waals surface area contributed by atoms with Gasteiger partial charge in [0.1, 0.15) is 11.5 Å². The molecule has 1 atom stereocenters. The second-order valence-electron chi connectivity index (χ2n) is 5.22. The lowest BCUT2D eigenvalue weighted by Crippen LogP contribution is -2.24. The number of methoxy groups -OCH3 is 2. The molecule has 0 spiro atoms. The van der Waals surface area contributed by atoms with Crippen molar-refractivity contribution >= 4 is 23.6 Å². The van der Waals surface area contributed by atoms with Gasteiger partial charge < -0.3 is 14.8 Å². The van der Waals surface area contributed by atoms with Crippen LogP contribution in [0.4, 0.5) is 0 Å². The van der Waals surface area contributed by atoms with Crippen molar-refractivity contribution in [2.75, 3.05) is 14.2 Å². The zero-order valence-corrected chi connectivity index (χ0v) is 14.6. The van der Waals surface area contributed by atoms with Gasteiger partial charge >= 0.3 is 0 Å². The van der Waals surface area contributed by atoms with Crippen molar-refractivity contribution in [1.29, 1.82) is 0 Å². The molecule has 2 aromatic carbocycles. The SMILES string of the molecule is COc1ccc(/C=C/C(=O)N[C@@H](C)c2ccc(Cl)cc2)c(OC)c1. The zero-order chi connectivity index (χ0) is 17.5. The van der Waals surface area contributed by atoms with E-state index in [0.717, 1.165) is 11.1 Å². The summed E-state index contributed by atoms with van der Waals surface area (Å²) in [6, 6.07) is 12.7. The fourth-order valence-electron chi connectivity index (χ4n) is 2.22. The summed E-state index contributed by atoms with van der Waals surface area (Å²) in [7, 11) is 3.17. The van der Waals surface area contributed by atoms with Gasteiger partial charge in [0.05, 0.1) is 20.3 Å². The number of benzene rings is 2. The number of hydrogen-bond acceptors (Lipinski definition) is 3. The number of carbonyl (C=O) groups excluding carboxylic acids is 1. The summed E-state index contributed by atoms with van der Waals surface area (Å²) in [4.78, 5) is 12.1. The molecule has 0 aromatic heterocycles. The average molecular weight is 346 g/mol. The third kappa shape index (κ3) is 4.77. The Morgan fingerprint density at radius 2 is 1.83 bits per heavy atom. The van der Waals surface area contributed by atoms with Gasteiger partial charge in [-0.05, 0) is 42.8 Å². The predicted molar refractivity (Wildman–Crippen MR) is 96.6 cm³/mol. The third-order valence-electron chi connectivity index (χ3n) is 3.58. The fourth-order valence-corrected chi connectivity index (χ4v) is 2.34. The first-order chi connectivity index (χ1) is 11.5. The molecule has 1 N–H and O–H groups in total. The lowest BCUT2D eigenvalue weighted by atomic mass is 10.1. The highest BCUT2D eigenvalue weighted by Gasteiger charge is 2.08. The van der Waals surface area contributed by atoms with Gasteiger partial charge in [-0.2, -0.15) is 0 Å². The van der Waals surface area contributed by atoms with Crippen LogP contribution < -0.4 is 14.8 Å². The molecule has 24 heavy (non-hydrogen) atoms. The molecule has 126 valence electrons. The van der Waals surface area contributed by atoms with Crippen LogP contribution in [0.3, 0.4) is 0 Å². The molecule has 2 rings (SSSR count). The number of ether oxygens (including phenoxy) is 2. The van der Waals surface area contributed by atoms with Crippen LogP contribution in [0.25, 0.3) is 6.08 Å². The zero-order valence-electron chi connectivity index (χ0n) is 13.9. The van der Waals surface area contributed by atoms with E-state index in [0.29, 0.717) is 16.5 Å². The van der Waals surface area contributed by atoms with Crippen LogP contribution in [0.1, 0.15) is 24.1 Å². The van der Waals surface area contributed by atoms with E-state index < -0.39 is 0 Å². The quantitative estimate of drug-likeness (QED) is 0.796. The smallest absolute Gasteiger partial charge is 0.244 e. The molecule has 5 heteroatoms. The topological polar surface area (TPSA) is 47.6 Å². The summed E-state index contributed by atoms with van der Waals surface area (Å²) in [5.41, 5.74) is 1.79. The van der Waals surface area contributed by atoms with Crippen molar-refractivity contribution in [2.24, 2.45) is 0 Å². The van der Waals surface area contributed by atoms with Gasteiger partial charge in [-0.3, -0.25) is 4.79 Å².